The second-order valence-electron chi connectivity index (χ2n) is 5.57. The number of nitrogens with zero attached hydrogens (tertiary/aromatic N) is 4. The van der Waals surface area contributed by atoms with Crippen molar-refractivity contribution < 1.29 is 18.9 Å². The highest BCUT2D eigenvalue weighted by Crippen LogP contribution is 2.29. The first-order valence-corrected chi connectivity index (χ1v) is 8.84. The van der Waals surface area contributed by atoms with Crippen molar-refractivity contribution in [3.63, 3.8) is 0 Å². The first kappa shape index (κ1) is 19.2. The van der Waals surface area contributed by atoms with Gasteiger partial charge in [-0.1, -0.05) is 12.1 Å². The van der Waals surface area contributed by atoms with Gasteiger partial charge in [-0.25, -0.2) is 4.68 Å². The van der Waals surface area contributed by atoms with Gasteiger partial charge in [0, 0.05) is 0 Å². The Morgan fingerprint density at radius 1 is 0.893 bits per heavy atom. The van der Waals surface area contributed by atoms with Gasteiger partial charge in [0.15, 0.2) is 23.0 Å². The number of methoxy groups -OCH3 is 1. The molecule has 8 nitrogen and oxygen atoms in total. The summed E-state index contributed by atoms with van der Waals surface area (Å²) in [5, 5.41) is 11.6. The van der Waals surface area contributed by atoms with Crippen molar-refractivity contribution in [1.82, 2.24) is 14.9 Å². The molecule has 3 aromatic rings. The largest absolute Gasteiger partial charge is 0.493 e. The highest BCUT2D eigenvalue weighted by molar-refractivity contribution is 5.80. The van der Waals surface area contributed by atoms with Crippen LogP contribution in [0.5, 0.6) is 23.0 Å². The predicted molar refractivity (Wildman–Crippen MR) is 105 cm³/mol. The number of aromatic nitrogens is 3. The van der Waals surface area contributed by atoms with E-state index in [4.69, 9.17) is 18.9 Å². The van der Waals surface area contributed by atoms with Gasteiger partial charge in [0.05, 0.1) is 19.9 Å². The maximum Gasteiger partial charge on any atom is 0.161 e. The minimum Gasteiger partial charge on any atom is -0.493 e. The molecule has 0 aliphatic carbocycles. The van der Waals surface area contributed by atoms with Gasteiger partial charge in [0.1, 0.15) is 25.9 Å². The molecule has 0 fully saturated rings. The van der Waals surface area contributed by atoms with Crippen LogP contribution in [0.1, 0.15) is 12.5 Å². The van der Waals surface area contributed by atoms with Crippen LogP contribution in [0.15, 0.2) is 60.2 Å². The molecule has 0 radical (unpaired) electrons. The molecule has 0 saturated heterocycles. The average Bonchev–Trinajstić information content (AvgIpc) is 3.25. The summed E-state index contributed by atoms with van der Waals surface area (Å²) in [5.41, 5.74) is 0.870. The summed E-state index contributed by atoms with van der Waals surface area (Å²) in [7, 11) is 1.61. The van der Waals surface area contributed by atoms with Crippen LogP contribution < -0.4 is 18.9 Å². The molecule has 0 atom stereocenters. The van der Waals surface area contributed by atoms with E-state index in [1.54, 1.807) is 13.3 Å². The molecule has 0 unspecified atom stereocenters. The standard InChI is InChI=1S/C20H22N4O4/c1-3-26-20-12-16(13-23-24-14-21-22-15-24)8-9-19(20)28-11-10-27-18-7-5-4-6-17(18)25-2/h4-9,12-15H,3,10-11H2,1-2H3/b23-13-. The summed E-state index contributed by atoms with van der Waals surface area (Å²) in [6.07, 6.45) is 4.72. The van der Waals surface area contributed by atoms with E-state index in [-0.39, 0.29) is 0 Å². The van der Waals surface area contributed by atoms with Gasteiger partial charge in [0.2, 0.25) is 0 Å². The predicted octanol–water partition coefficient (Wildman–Crippen LogP) is 3.03. The van der Waals surface area contributed by atoms with Gasteiger partial charge in [-0.3, -0.25) is 0 Å². The Labute approximate surface area is 163 Å². The number of para-hydroxylation sites is 2. The fourth-order valence-corrected chi connectivity index (χ4v) is 2.42. The fourth-order valence-electron chi connectivity index (χ4n) is 2.42. The lowest BCUT2D eigenvalue weighted by atomic mass is 10.2. The lowest BCUT2D eigenvalue weighted by molar-refractivity contribution is 0.203. The quantitative estimate of drug-likeness (QED) is 0.396. The van der Waals surface area contributed by atoms with E-state index < -0.39 is 0 Å². The van der Waals surface area contributed by atoms with Crippen LogP contribution in [0.2, 0.25) is 0 Å². The van der Waals surface area contributed by atoms with E-state index >= 15 is 0 Å². The van der Waals surface area contributed by atoms with Gasteiger partial charge in [-0.2, -0.15) is 5.10 Å². The van der Waals surface area contributed by atoms with Gasteiger partial charge in [-0.05, 0) is 42.8 Å². The van der Waals surface area contributed by atoms with E-state index in [0.29, 0.717) is 42.8 Å². The first-order chi connectivity index (χ1) is 13.8. The van der Waals surface area contributed by atoms with Crippen LogP contribution in [0.25, 0.3) is 0 Å². The molecule has 0 saturated carbocycles. The topological polar surface area (TPSA) is 80.0 Å². The van der Waals surface area contributed by atoms with Crippen molar-refractivity contribution in [3.8, 4) is 23.0 Å². The van der Waals surface area contributed by atoms with Gasteiger partial charge in [-0.15, -0.1) is 10.2 Å². The van der Waals surface area contributed by atoms with Crippen LogP contribution >= 0.6 is 0 Å². The Balaban J connectivity index is 1.59. The normalized spacial score (nSPS) is 10.8. The molecule has 0 bridgehead atoms. The molecule has 3 rings (SSSR count). The summed E-state index contributed by atoms with van der Waals surface area (Å²) in [4.78, 5) is 0. The van der Waals surface area contributed by atoms with Crippen LogP contribution in [-0.2, 0) is 0 Å². The Morgan fingerprint density at radius 2 is 1.57 bits per heavy atom. The average molecular weight is 382 g/mol. The molecule has 0 N–H and O–H groups in total. The summed E-state index contributed by atoms with van der Waals surface area (Å²) < 4.78 is 24.0. The van der Waals surface area contributed by atoms with Gasteiger partial charge >= 0.3 is 0 Å². The lowest BCUT2D eigenvalue weighted by Crippen LogP contribution is -2.10. The minimum atomic E-state index is 0.367. The van der Waals surface area contributed by atoms with Crippen molar-refractivity contribution in [1.29, 1.82) is 0 Å². The number of ether oxygens (including phenoxy) is 4. The second-order valence-corrected chi connectivity index (χ2v) is 5.57. The van der Waals surface area contributed by atoms with Gasteiger partial charge in [0.25, 0.3) is 0 Å². The van der Waals surface area contributed by atoms with E-state index in [0.717, 1.165) is 5.56 Å². The number of rotatable bonds is 10. The molecule has 1 heterocycles. The van der Waals surface area contributed by atoms with Crippen LogP contribution in [0.4, 0.5) is 0 Å². The molecule has 0 spiro atoms. The fraction of sp³-hybridized carbons (Fsp3) is 0.250. The highest BCUT2D eigenvalue weighted by atomic mass is 16.5. The van der Waals surface area contributed by atoms with Crippen LogP contribution in [-0.4, -0.2) is 48.0 Å². The molecular weight excluding hydrogens is 360 g/mol. The number of hydrogen-bond donors (Lipinski definition) is 0. The zero-order chi connectivity index (χ0) is 19.6. The minimum absolute atomic E-state index is 0.367. The second kappa shape index (κ2) is 9.96. The maximum atomic E-state index is 5.83. The molecule has 0 aliphatic rings. The van der Waals surface area contributed by atoms with Crippen molar-refractivity contribution in [2.45, 2.75) is 6.92 Å². The highest BCUT2D eigenvalue weighted by Gasteiger charge is 2.07. The third-order valence-corrected chi connectivity index (χ3v) is 3.68. The SMILES string of the molecule is CCOc1cc(/C=N\n2cnnc2)ccc1OCCOc1ccccc1OC. The molecule has 28 heavy (non-hydrogen) atoms. The van der Waals surface area contributed by atoms with E-state index in [1.807, 2.05) is 49.4 Å². The smallest absolute Gasteiger partial charge is 0.161 e. The molecule has 2 aromatic carbocycles. The van der Waals surface area contributed by atoms with Crippen LogP contribution in [0, 0.1) is 0 Å². The molecule has 8 heteroatoms. The first-order valence-electron chi connectivity index (χ1n) is 8.84. The summed E-state index contributed by atoms with van der Waals surface area (Å²) >= 11 is 0. The Hall–Kier alpha value is -3.55. The Bertz CT molecular complexity index is 897. The lowest BCUT2D eigenvalue weighted by Gasteiger charge is -2.14. The van der Waals surface area contributed by atoms with E-state index in [2.05, 4.69) is 15.3 Å². The zero-order valence-electron chi connectivity index (χ0n) is 15.8. The monoisotopic (exact) mass is 382 g/mol. The molecule has 146 valence electrons. The van der Waals surface area contributed by atoms with Crippen LogP contribution in [0.3, 0.4) is 0 Å². The molecule has 0 amide bonds. The van der Waals surface area contributed by atoms with E-state index in [9.17, 15) is 0 Å². The third-order valence-electron chi connectivity index (χ3n) is 3.68. The van der Waals surface area contributed by atoms with Crippen molar-refractivity contribution >= 4 is 6.21 Å². The summed E-state index contributed by atoms with van der Waals surface area (Å²) in [6, 6.07) is 13.1. The zero-order valence-corrected chi connectivity index (χ0v) is 15.8. The third kappa shape index (κ3) is 5.23. The van der Waals surface area contributed by atoms with Crippen molar-refractivity contribution in [3.05, 3.63) is 60.7 Å². The Morgan fingerprint density at radius 3 is 2.25 bits per heavy atom. The Kier molecular flexibility index (Phi) is 6.84. The van der Waals surface area contributed by atoms with Gasteiger partial charge < -0.3 is 18.9 Å². The maximum absolute atomic E-state index is 5.83. The molecular formula is C20H22N4O4. The van der Waals surface area contributed by atoms with Crippen molar-refractivity contribution in [2.24, 2.45) is 5.10 Å². The summed E-state index contributed by atoms with van der Waals surface area (Å²) in [5.74, 6) is 2.66. The number of benzene rings is 2. The van der Waals surface area contributed by atoms with Crippen molar-refractivity contribution in [2.75, 3.05) is 26.9 Å². The summed E-state index contributed by atoms with van der Waals surface area (Å²) in [6.45, 7) is 3.20. The van der Waals surface area contributed by atoms with E-state index in [1.165, 1.54) is 17.3 Å². The molecule has 0 aliphatic heterocycles. The molecule has 1 aromatic heterocycles. The number of hydrogen-bond acceptors (Lipinski definition) is 7.